The summed E-state index contributed by atoms with van der Waals surface area (Å²) in [5.74, 6) is 0.904. The molecule has 3 heteroatoms. The van der Waals surface area contributed by atoms with Gasteiger partial charge in [0.2, 0.25) is 0 Å². The summed E-state index contributed by atoms with van der Waals surface area (Å²) in [7, 11) is 0. The van der Waals surface area contributed by atoms with E-state index < -0.39 is 0 Å². The Morgan fingerprint density at radius 1 is 1.50 bits per heavy atom. The van der Waals surface area contributed by atoms with Gasteiger partial charge in [-0.15, -0.1) is 0 Å². The largest absolute Gasteiger partial charge is 0.393 e. The maximum Gasteiger partial charge on any atom is 0.0779 e. The average Bonchev–Trinajstić information content (AvgIpc) is 2.16. The van der Waals surface area contributed by atoms with Crippen molar-refractivity contribution in [2.45, 2.75) is 45.6 Å². The Labute approximate surface area is 92.2 Å². The summed E-state index contributed by atoms with van der Waals surface area (Å²) in [5, 5.41) is 0. The molecule has 82 valence electrons. The van der Waals surface area contributed by atoms with Crippen molar-refractivity contribution in [3.05, 3.63) is 0 Å². The molecule has 1 rings (SSSR count). The van der Waals surface area contributed by atoms with Gasteiger partial charge in [-0.05, 0) is 18.8 Å². The average molecular weight is 215 g/mol. The molecule has 0 saturated heterocycles. The molecule has 1 aliphatic rings. The van der Waals surface area contributed by atoms with Gasteiger partial charge in [0, 0.05) is 5.92 Å². The Balaban J connectivity index is 2.25. The van der Waals surface area contributed by atoms with Crippen LogP contribution in [0.2, 0.25) is 0 Å². The van der Waals surface area contributed by atoms with Crippen molar-refractivity contribution < 1.29 is 4.74 Å². The van der Waals surface area contributed by atoms with E-state index in [1.165, 1.54) is 25.7 Å². The normalized spacial score (nSPS) is 29.9. The van der Waals surface area contributed by atoms with E-state index >= 15 is 0 Å². The lowest BCUT2D eigenvalue weighted by atomic mass is 9.88. The van der Waals surface area contributed by atoms with Gasteiger partial charge < -0.3 is 10.5 Å². The molecule has 2 N–H and O–H groups in total. The molecule has 0 aliphatic heterocycles. The number of nitrogens with two attached hydrogens (primary N) is 1. The van der Waals surface area contributed by atoms with E-state index in [4.69, 9.17) is 22.7 Å². The van der Waals surface area contributed by atoms with Crippen LogP contribution in [-0.4, -0.2) is 17.7 Å². The molecule has 0 aromatic heterocycles. The van der Waals surface area contributed by atoms with Gasteiger partial charge in [0.05, 0.1) is 17.7 Å². The molecule has 3 unspecified atom stereocenters. The monoisotopic (exact) mass is 215 g/mol. The minimum Gasteiger partial charge on any atom is -0.393 e. The Kier molecular flexibility index (Phi) is 4.82. The first-order chi connectivity index (χ1) is 6.61. The predicted molar refractivity (Wildman–Crippen MR) is 63.3 cm³/mol. The molecule has 0 amide bonds. The summed E-state index contributed by atoms with van der Waals surface area (Å²) < 4.78 is 5.85. The minimum atomic E-state index is 0.208. The Morgan fingerprint density at radius 2 is 2.14 bits per heavy atom. The van der Waals surface area contributed by atoms with Gasteiger partial charge >= 0.3 is 0 Å². The number of hydrogen-bond donors (Lipinski definition) is 1. The van der Waals surface area contributed by atoms with E-state index in [1.54, 1.807) is 0 Å². The molecule has 1 aliphatic carbocycles. The Hall–Kier alpha value is -0.150. The molecule has 3 atom stereocenters. The van der Waals surface area contributed by atoms with E-state index in [0.29, 0.717) is 23.6 Å². The second-order valence-electron chi connectivity index (χ2n) is 4.44. The summed E-state index contributed by atoms with van der Waals surface area (Å²) in [6, 6.07) is 0. The predicted octanol–water partition coefficient (Wildman–Crippen LogP) is 2.50. The lowest BCUT2D eigenvalue weighted by Crippen LogP contribution is -2.30. The van der Waals surface area contributed by atoms with Crippen LogP contribution in [0.15, 0.2) is 0 Å². The van der Waals surface area contributed by atoms with Crippen LogP contribution in [0.5, 0.6) is 0 Å². The van der Waals surface area contributed by atoms with Crippen molar-refractivity contribution in [2.75, 3.05) is 6.61 Å². The molecule has 1 fully saturated rings. The SMILES string of the molecule is CC(COC1CCCCC1C)C(N)=S. The second kappa shape index (κ2) is 5.66. The molecule has 2 nitrogen and oxygen atoms in total. The van der Waals surface area contributed by atoms with Crippen molar-refractivity contribution in [3.63, 3.8) is 0 Å². The standard InChI is InChI=1S/C11H21NOS/c1-8-5-3-4-6-10(8)13-7-9(2)11(12)14/h8-10H,3-7H2,1-2H3,(H2,12,14). The zero-order valence-electron chi connectivity index (χ0n) is 9.16. The van der Waals surface area contributed by atoms with Gasteiger partial charge in [-0.2, -0.15) is 0 Å². The number of ether oxygens (including phenoxy) is 1. The van der Waals surface area contributed by atoms with Crippen LogP contribution in [0.1, 0.15) is 39.5 Å². The van der Waals surface area contributed by atoms with E-state index in [1.807, 2.05) is 6.92 Å². The third-order valence-electron chi connectivity index (χ3n) is 3.08. The Morgan fingerprint density at radius 3 is 2.71 bits per heavy atom. The molecule has 0 aromatic rings. The first-order valence-corrected chi connectivity index (χ1v) is 5.93. The highest BCUT2D eigenvalue weighted by molar-refractivity contribution is 7.80. The van der Waals surface area contributed by atoms with Crippen molar-refractivity contribution in [1.29, 1.82) is 0 Å². The van der Waals surface area contributed by atoms with Gasteiger partial charge in [-0.25, -0.2) is 0 Å². The molecule has 0 aromatic carbocycles. The van der Waals surface area contributed by atoms with Gasteiger partial charge in [-0.3, -0.25) is 0 Å². The van der Waals surface area contributed by atoms with Crippen LogP contribution in [0.3, 0.4) is 0 Å². The molecular weight excluding hydrogens is 194 g/mol. The molecule has 0 spiro atoms. The summed E-state index contributed by atoms with van der Waals surface area (Å²) >= 11 is 4.91. The first kappa shape index (κ1) is 11.9. The van der Waals surface area contributed by atoms with Crippen LogP contribution in [0, 0.1) is 11.8 Å². The highest BCUT2D eigenvalue weighted by atomic mass is 32.1. The van der Waals surface area contributed by atoms with E-state index in [9.17, 15) is 0 Å². The van der Waals surface area contributed by atoms with Gasteiger partial charge in [0.15, 0.2) is 0 Å². The van der Waals surface area contributed by atoms with Crippen LogP contribution < -0.4 is 5.73 Å². The van der Waals surface area contributed by atoms with Gasteiger partial charge in [0.1, 0.15) is 0 Å². The molecule has 1 saturated carbocycles. The molecule has 0 bridgehead atoms. The maximum atomic E-state index is 5.85. The summed E-state index contributed by atoms with van der Waals surface area (Å²) in [6.07, 6.45) is 5.58. The van der Waals surface area contributed by atoms with Crippen LogP contribution in [-0.2, 0) is 4.74 Å². The minimum absolute atomic E-state index is 0.208. The van der Waals surface area contributed by atoms with E-state index in [-0.39, 0.29) is 5.92 Å². The smallest absolute Gasteiger partial charge is 0.0779 e. The zero-order valence-corrected chi connectivity index (χ0v) is 9.98. The van der Waals surface area contributed by atoms with Crippen molar-refractivity contribution in [3.8, 4) is 0 Å². The van der Waals surface area contributed by atoms with Crippen molar-refractivity contribution in [1.82, 2.24) is 0 Å². The van der Waals surface area contributed by atoms with Crippen LogP contribution in [0.4, 0.5) is 0 Å². The molecule has 14 heavy (non-hydrogen) atoms. The second-order valence-corrected chi connectivity index (χ2v) is 4.91. The summed E-state index contributed by atoms with van der Waals surface area (Å²) in [6.45, 7) is 4.98. The maximum absolute atomic E-state index is 5.85. The highest BCUT2D eigenvalue weighted by Crippen LogP contribution is 2.26. The fourth-order valence-corrected chi connectivity index (χ4v) is 1.95. The fraction of sp³-hybridized carbons (Fsp3) is 0.909. The van der Waals surface area contributed by atoms with E-state index in [0.717, 1.165) is 0 Å². The zero-order chi connectivity index (χ0) is 10.6. The quantitative estimate of drug-likeness (QED) is 0.732. The molecule has 0 heterocycles. The Bertz CT molecular complexity index is 196. The first-order valence-electron chi connectivity index (χ1n) is 5.52. The van der Waals surface area contributed by atoms with Crippen molar-refractivity contribution >= 4 is 17.2 Å². The third kappa shape index (κ3) is 3.54. The summed E-state index contributed by atoms with van der Waals surface area (Å²) in [4.78, 5) is 0.563. The van der Waals surface area contributed by atoms with Crippen LogP contribution in [0.25, 0.3) is 0 Å². The number of thiocarbonyl (C=S) groups is 1. The highest BCUT2D eigenvalue weighted by Gasteiger charge is 2.22. The topological polar surface area (TPSA) is 35.2 Å². The third-order valence-corrected chi connectivity index (χ3v) is 3.48. The number of rotatable bonds is 4. The molecule has 0 radical (unpaired) electrons. The van der Waals surface area contributed by atoms with Crippen molar-refractivity contribution in [2.24, 2.45) is 17.6 Å². The van der Waals surface area contributed by atoms with E-state index in [2.05, 4.69) is 6.92 Å². The fourth-order valence-electron chi connectivity index (χ4n) is 1.88. The lowest BCUT2D eigenvalue weighted by molar-refractivity contribution is -0.0114. The van der Waals surface area contributed by atoms with Gasteiger partial charge in [-0.1, -0.05) is 38.9 Å². The number of hydrogen-bond acceptors (Lipinski definition) is 2. The molecular formula is C11H21NOS. The summed E-state index contributed by atoms with van der Waals surface area (Å²) in [5.41, 5.74) is 5.54. The lowest BCUT2D eigenvalue weighted by Gasteiger charge is -2.29. The van der Waals surface area contributed by atoms with Crippen LogP contribution >= 0.6 is 12.2 Å². The van der Waals surface area contributed by atoms with Gasteiger partial charge in [0.25, 0.3) is 0 Å².